The number of carbonyl (C=O) groups excluding carboxylic acids is 1. The SMILES string of the molecule is C=C(C=O)CC1=Cc2ccccc2C1. The van der Waals surface area contributed by atoms with Crippen LogP contribution in [0.4, 0.5) is 0 Å². The maximum absolute atomic E-state index is 10.4. The molecule has 1 aromatic rings. The fourth-order valence-corrected chi connectivity index (χ4v) is 1.80. The molecule has 1 nitrogen and oxygen atoms in total. The monoisotopic (exact) mass is 184 g/mol. The molecule has 1 heteroatoms. The molecule has 1 aliphatic carbocycles. The van der Waals surface area contributed by atoms with Crippen LogP contribution < -0.4 is 0 Å². The predicted octanol–water partition coefficient (Wildman–Crippen LogP) is 2.77. The smallest absolute Gasteiger partial charge is 0.145 e. The van der Waals surface area contributed by atoms with E-state index < -0.39 is 0 Å². The Balaban J connectivity index is 2.15. The lowest BCUT2D eigenvalue weighted by Crippen LogP contribution is -1.88. The number of allylic oxidation sites excluding steroid dienone is 2. The highest BCUT2D eigenvalue weighted by molar-refractivity contribution is 5.75. The molecule has 0 spiro atoms. The third-order valence-electron chi connectivity index (χ3n) is 2.45. The lowest BCUT2D eigenvalue weighted by atomic mass is 10.1. The number of benzene rings is 1. The number of carbonyl (C=O) groups is 1. The van der Waals surface area contributed by atoms with Crippen molar-refractivity contribution < 1.29 is 4.79 Å². The minimum atomic E-state index is 0.657. The normalized spacial score (nSPS) is 13.3. The van der Waals surface area contributed by atoms with Crippen molar-refractivity contribution in [2.75, 3.05) is 0 Å². The first kappa shape index (κ1) is 8.95. The summed E-state index contributed by atoms with van der Waals surface area (Å²) in [6.45, 7) is 3.69. The van der Waals surface area contributed by atoms with Gasteiger partial charge in [-0.2, -0.15) is 0 Å². The highest BCUT2D eigenvalue weighted by Crippen LogP contribution is 2.27. The minimum Gasteiger partial charge on any atom is -0.298 e. The van der Waals surface area contributed by atoms with Gasteiger partial charge in [0.05, 0.1) is 0 Å². The zero-order valence-corrected chi connectivity index (χ0v) is 7.99. The van der Waals surface area contributed by atoms with Crippen LogP contribution in [0, 0.1) is 0 Å². The number of aldehydes is 1. The van der Waals surface area contributed by atoms with Crippen LogP contribution in [-0.4, -0.2) is 6.29 Å². The molecular weight excluding hydrogens is 172 g/mol. The van der Waals surface area contributed by atoms with Gasteiger partial charge in [-0.1, -0.05) is 42.5 Å². The van der Waals surface area contributed by atoms with E-state index in [0.717, 1.165) is 12.7 Å². The van der Waals surface area contributed by atoms with Crippen molar-refractivity contribution in [2.45, 2.75) is 12.8 Å². The lowest BCUT2D eigenvalue weighted by Gasteiger charge is -1.99. The summed E-state index contributed by atoms with van der Waals surface area (Å²) in [5.74, 6) is 0. The van der Waals surface area contributed by atoms with Crippen molar-refractivity contribution in [1.82, 2.24) is 0 Å². The summed E-state index contributed by atoms with van der Waals surface area (Å²) in [4.78, 5) is 10.4. The summed E-state index contributed by atoms with van der Waals surface area (Å²) in [7, 11) is 0. The van der Waals surface area contributed by atoms with E-state index in [0.29, 0.717) is 12.0 Å². The van der Waals surface area contributed by atoms with Gasteiger partial charge >= 0.3 is 0 Å². The molecule has 0 unspecified atom stereocenters. The molecular formula is C13H12O. The van der Waals surface area contributed by atoms with Crippen LogP contribution in [-0.2, 0) is 11.2 Å². The molecule has 0 radical (unpaired) electrons. The van der Waals surface area contributed by atoms with Crippen LogP contribution in [0.3, 0.4) is 0 Å². The van der Waals surface area contributed by atoms with Crippen LogP contribution in [0.15, 0.2) is 42.0 Å². The maximum atomic E-state index is 10.4. The largest absolute Gasteiger partial charge is 0.298 e. The molecule has 1 aliphatic rings. The van der Waals surface area contributed by atoms with Gasteiger partial charge in [0, 0.05) is 0 Å². The highest BCUT2D eigenvalue weighted by atomic mass is 16.1. The molecule has 70 valence electrons. The molecule has 0 heterocycles. The van der Waals surface area contributed by atoms with Crippen molar-refractivity contribution in [2.24, 2.45) is 0 Å². The Labute approximate surface area is 83.8 Å². The first-order chi connectivity index (χ1) is 6.79. The van der Waals surface area contributed by atoms with Crippen LogP contribution in [0.5, 0.6) is 0 Å². The maximum Gasteiger partial charge on any atom is 0.145 e. The second kappa shape index (κ2) is 3.62. The lowest BCUT2D eigenvalue weighted by molar-refractivity contribution is -0.104. The van der Waals surface area contributed by atoms with E-state index >= 15 is 0 Å². The second-order valence-corrected chi connectivity index (χ2v) is 3.63. The van der Waals surface area contributed by atoms with Crippen molar-refractivity contribution in [3.63, 3.8) is 0 Å². The van der Waals surface area contributed by atoms with E-state index in [4.69, 9.17) is 0 Å². The Hall–Kier alpha value is -1.63. The Bertz CT molecular complexity index is 413. The van der Waals surface area contributed by atoms with E-state index in [1.54, 1.807) is 0 Å². The molecule has 14 heavy (non-hydrogen) atoms. The predicted molar refractivity (Wildman–Crippen MR) is 57.9 cm³/mol. The third kappa shape index (κ3) is 1.67. The number of fused-ring (bicyclic) bond motifs is 1. The van der Waals surface area contributed by atoms with Gasteiger partial charge in [0.15, 0.2) is 0 Å². The van der Waals surface area contributed by atoms with E-state index in [-0.39, 0.29) is 0 Å². The first-order valence-corrected chi connectivity index (χ1v) is 4.70. The fourth-order valence-electron chi connectivity index (χ4n) is 1.80. The van der Waals surface area contributed by atoms with Crippen LogP contribution >= 0.6 is 0 Å². The summed E-state index contributed by atoms with van der Waals surface area (Å²) < 4.78 is 0. The summed E-state index contributed by atoms with van der Waals surface area (Å²) in [5.41, 5.74) is 4.56. The molecule has 2 rings (SSSR count). The van der Waals surface area contributed by atoms with E-state index in [1.165, 1.54) is 16.7 Å². The van der Waals surface area contributed by atoms with Crippen molar-refractivity contribution in [3.05, 3.63) is 53.1 Å². The molecule has 1 aromatic carbocycles. The quantitative estimate of drug-likeness (QED) is 0.521. The molecule has 0 N–H and O–H groups in total. The molecule has 0 aliphatic heterocycles. The molecule has 0 aromatic heterocycles. The number of hydrogen-bond acceptors (Lipinski definition) is 1. The summed E-state index contributed by atoms with van der Waals surface area (Å²) >= 11 is 0. The number of hydrogen-bond donors (Lipinski definition) is 0. The molecule has 0 fully saturated rings. The Kier molecular flexibility index (Phi) is 2.32. The van der Waals surface area contributed by atoms with Crippen LogP contribution in [0.25, 0.3) is 6.08 Å². The van der Waals surface area contributed by atoms with Gasteiger partial charge in [0.1, 0.15) is 6.29 Å². The van der Waals surface area contributed by atoms with Gasteiger partial charge in [-0.15, -0.1) is 0 Å². The Morgan fingerprint density at radius 1 is 1.43 bits per heavy atom. The van der Waals surface area contributed by atoms with Crippen LogP contribution in [0.1, 0.15) is 17.5 Å². The van der Waals surface area contributed by atoms with Crippen molar-refractivity contribution in [3.8, 4) is 0 Å². The van der Waals surface area contributed by atoms with Crippen molar-refractivity contribution in [1.29, 1.82) is 0 Å². The minimum absolute atomic E-state index is 0.657. The van der Waals surface area contributed by atoms with E-state index in [1.807, 2.05) is 12.1 Å². The molecule has 0 amide bonds. The molecule has 0 atom stereocenters. The second-order valence-electron chi connectivity index (χ2n) is 3.63. The topological polar surface area (TPSA) is 17.1 Å². The van der Waals surface area contributed by atoms with E-state index in [2.05, 4.69) is 24.8 Å². The average molecular weight is 184 g/mol. The van der Waals surface area contributed by atoms with Gasteiger partial charge in [0.2, 0.25) is 0 Å². The standard InChI is InChI=1S/C13H12O/c1-10(9-14)6-11-7-12-4-2-3-5-13(12)8-11/h2-5,7,9H,1,6,8H2. The molecule has 0 bridgehead atoms. The van der Waals surface area contributed by atoms with Gasteiger partial charge in [-0.25, -0.2) is 0 Å². The molecule has 0 saturated carbocycles. The van der Waals surface area contributed by atoms with Gasteiger partial charge in [0.25, 0.3) is 0 Å². The fraction of sp³-hybridized carbons (Fsp3) is 0.154. The zero-order chi connectivity index (χ0) is 9.97. The van der Waals surface area contributed by atoms with Gasteiger partial charge in [-0.3, -0.25) is 4.79 Å². The van der Waals surface area contributed by atoms with Gasteiger partial charge < -0.3 is 0 Å². The molecule has 0 saturated heterocycles. The highest BCUT2D eigenvalue weighted by Gasteiger charge is 2.11. The zero-order valence-electron chi connectivity index (χ0n) is 7.99. The summed E-state index contributed by atoms with van der Waals surface area (Å²) in [5, 5.41) is 0. The Morgan fingerprint density at radius 2 is 2.21 bits per heavy atom. The van der Waals surface area contributed by atoms with Crippen LogP contribution in [0.2, 0.25) is 0 Å². The average Bonchev–Trinajstić information content (AvgIpc) is 2.59. The first-order valence-electron chi connectivity index (χ1n) is 4.70. The van der Waals surface area contributed by atoms with E-state index in [9.17, 15) is 4.79 Å². The van der Waals surface area contributed by atoms with Crippen molar-refractivity contribution >= 4 is 12.4 Å². The number of rotatable bonds is 3. The third-order valence-corrected chi connectivity index (χ3v) is 2.45. The summed E-state index contributed by atoms with van der Waals surface area (Å²) in [6.07, 6.45) is 4.66. The summed E-state index contributed by atoms with van der Waals surface area (Å²) in [6, 6.07) is 8.31. The Morgan fingerprint density at radius 3 is 2.93 bits per heavy atom. The van der Waals surface area contributed by atoms with Gasteiger partial charge in [-0.05, 0) is 29.5 Å².